The van der Waals surface area contributed by atoms with Gasteiger partial charge in [0.25, 0.3) is 5.91 Å². The third-order valence-electron chi connectivity index (χ3n) is 3.17. The fourth-order valence-corrected chi connectivity index (χ4v) is 2.29. The van der Waals surface area contributed by atoms with Crippen molar-refractivity contribution in [2.75, 3.05) is 5.32 Å². The summed E-state index contributed by atoms with van der Waals surface area (Å²) in [5.41, 5.74) is 1.73. The van der Waals surface area contributed by atoms with E-state index >= 15 is 0 Å². The summed E-state index contributed by atoms with van der Waals surface area (Å²) in [6.07, 6.45) is 2.94. The smallest absolute Gasteiger partial charge is 0.260 e. The van der Waals surface area contributed by atoms with Crippen LogP contribution in [-0.4, -0.2) is 15.9 Å². The maximum absolute atomic E-state index is 13.5. The van der Waals surface area contributed by atoms with Crippen LogP contribution in [0.15, 0.2) is 60.9 Å². The summed E-state index contributed by atoms with van der Waals surface area (Å²) in [5, 5.41) is 3.14. The lowest BCUT2D eigenvalue weighted by atomic mass is 10.1. The Labute approximate surface area is 137 Å². The Balaban J connectivity index is 1.90. The van der Waals surface area contributed by atoms with E-state index in [9.17, 15) is 9.18 Å². The van der Waals surface area contributed by atoms with E-state index in [0.717, 1.165) is 0 Å². The molecule has 0 bridgehead atoms. The molecule has 1 N–H and O–H groups in total. The number of rotatable bonds is 3. The third kappa shape index (κ3) is 3.35. The van der Waals surface area contributed by atoms with Gasteiger partial charge in [0.2, 0.25) is 5.95 Å². The number of hydrogen-bond donors (Lipinski definition) is 1. The Hall–Kier alpha value is -2.79. The molecule has 23 heavy (non-hydrogen) atoms. The fourth-order valence-electron chi connectivity index (χ4n) is 2.08. The lowest BCUT2D eigenvalue weighted by Crippen LogP contribution is -2.14. The minimum absolute atomic E-state index is 0.123. The van der Waals surface area contributed by atoms with Crippen LogP contribution in [0.4, 0.5) is 10.1 Å². The van der Waals surface area contributed by atoms with Gasteiger partial charge in [-0.2, -0.15) is 4.39 Å². The first-order valence-electron chi connectivity index (χ1n) is 6.78. The van der Waals surface area contributed by atoms with Gasteiger partial charge in [0.15, 0.2) is 0 Å². The second-order valence-electron chi connectivity index (χ2n) is 4.71. The number of carbonyl (C=O) groups excluding carboxylic acids is 1. The summed E-state index contributed by atoms with van der Waals surface area (Å²) in [6.45, 7) is 0. The molecule has 0 radical (unpaired) electrons. The summed E-state index contributed by atoms with van der Waals surface area (Å²) in [6, 6.07) is 13.3. The standard InChI is InChI=1S/C17H11ClFN3O/c18-14-7-6-11(10-13(14)15-5-1-2-8-20-15)22-17(23)12-4-3-9-21-16(12)19/h1-10H,(H,22,23). The molecule has 2 heterocycles. The van der Waals surface area contributed by atoms with E-state index in [-0.39, 0.29) is 5.56 Å². The minimum atomic E-state index is -0.816. The van der Waals surface area contributed by atoms with Gasteiger partial charge in [0, 0.05) is 23.6 Å². The van der Waals surface area contributed by atoms with Crippen molar-refractivity contribution in [1.82, 2.24) is 9.97 Å². The van der Waals surface area contributed by atoms with Crippen LogP contribution in [0.25, 0.3) is 11.3 Å². The van der Waals surface area contributed by atoms with Crippen molar-refractivity contribution >= 4 is 23.2 Å². The summed E-state index contributed by atoms with van der Waals surface area (Å²) >= 11 is 6.19. The molecule has 3 rings (SSSR count). The van der Waals surface area contributed by atoms with Crippen LogP contribution in [0.1, 0.15) is 10.4 Å². The van der Waals surface area contributed by atoms with Crippen LogP contribution < -0.4 is 5.32 Å². The molecule has 2 aromatic heterocycles. The van der Waals surface area contributed by atoms with Crippen molar-refractivity contribution < 1.29 is 9.18 Å². The number of amides is 1. The molecule has 0 saturated heterocycles. The molecule has 0 saturated carbocycles. The first kappa shape index (κ1) is 15.1. The Kier molecular flexibility index (Phi) is 4.30. The molecule has 0 aliphatic carbocycles. The highest BCUT2D eigenvalue weighted by molar-refractivity contribution is 6.33. The molecule has 1 aromatic carbocycles. The quantitative estimate of drug-likeness (QED) is 0.734. The number of benzene rings is 1. The summed E-state index contributed by atoms with van der Waals surface area (Å²) in [4.78, 5) is 19.8. The molecule has 1 amide bonds. The molecule has 0 spiro atoms. The molecule has 0 fully saturated rings. The zero-order valence-electron chi connectivity index (χ0n) is 11.8. The predicted molar refractivity (Wildman–Crippen MR) is 86.8 cm³/mol. The van der Waals surface area contributed by atoms with Crippen LogP contribution in [0.3, 0.4) is 0 Å². The lowest BCUT2D eigenvalue weighted by Gasteiger charge is -2.09. The molecule has 6 heteroatoms. The van der Waals surface area contributed by atoms with E-state index in [1.165, 1.54) is 18.3 Å². The molecular weight excluding hydrogens is 317 g/mol. The number of pyridine rings is 2. The van der Waals surface area contributed by atoms with Crippen molar-refractivity contribution in [2.24, 2.45) is 0 Å². The first-order chi connectivity index (χ1) is 11.1. The predicted octanol–water partition coefficient (Wildman–Crippen LogP) is 4.19. The molecule has 0 unspecified atom stereocenters. The molecule has 4 nitrogen and oxygen atoms in total. The van der Waals surface area contributed by atoms with Crippen LogP contribution in [-0.2, 0) is 0 Å². The zero-order valence-corrected chi connectivity index (χ0v) is 12.6. The molecule has 0 aliphatic rings. The van der Waals surface area contributed by atoms with Gasteiger partial charge in [0.05, 0.1) is 16.3 Å². The van der Waals surface area contributed by atoms with Gasteiger partial charge in [-0.25, -0.2) is 4.98 Å². The van der Waals surface area contributed by atoms with Crippen molar-refractivity contribution in [1.29, 1.82) is 0 Å². The molecule has 0 aliphatic heterocycles. The monoisotopic (exact) mass is 327 g/mol. The Bertz CT molecular complexity index is 855. The average Bonchev–Trinajstić information content (AvgIpc) is 2.57. The highest BCUT2D eigenvalue weighted by Crippen LogP contribution is 2.29. The van der Waals surface area contributed by atoms with Crippen LogP contribution in [0.2, 0.25) is 5.02 Å². The molecule has 114 valence electrons. The topological polar surface area (TPSA) is 54.9 Å². The van der Waals surface area contributed by atoms with E-state index < -0.39 is 11.9 Å². The molecule has 0 atom stereocenters. The fraction of sp³-hybridized carbons (Fsp3) is 0. The van der Waals surface area contributed by atoms with E-state index in [1.54, 1.807) is 30.5 Å². The highest BCUT2D eigenvalue weighted by Gasteiger charge is 2.13. The maximum Gasteiger partial charge on any atom is 0.260 e. The molecule has 3 aromatic rings. The number of aromatic nitrogens is 2. The van der Waals surface area contributed by atoms with Crippen molar-refractivity contribution in [3.05, 3.63) is 77.5 Å². The number of hydrogen-bond acceptors (Lipinski definition) is 3. The highest BCUT2D eigenvalue weighted by atomic mass is 35.5. The van der Waals surface area contributed by atoms with E-state index in [2.05, 4.69) is 15.3 Å². The van der Waals surface area contributed by atoms with E-state index in [1.807, 2.05) is 12.1 Å². The summed E-state index contributed by atoms with van der Waals surface area (Å²) in [7, 11) is 0. The van der Waals surface area contributed by atoms with Gasteiger partial charge in [-0.3, -0.25) is 9.78 Å². The first-order valence-corrected chi connectivity index (χ1v) is 7.16. The van der Waals surface area contributed by atoms with Gasteiger partial charge in [0.1, 0.15) is 0 Å². The van der Waals surface area contributed by atoms with Crippen molar-refractivity contribution in [3.8, 4) is 11.3 Å². The van der Waals surface area contributed by atoms with E-state index in [4.69, 9.17) is 11.6 Å². The van der Waals surface area contributed by atoms with E-state index in [0.29, 0.717) is 22.0 Å². The van der Waals surface area contributed by atoms with Gasteiger partial charge >= 0.3 is 0 Å². The number of carbonyl (C=O) groups is 1. The van der Waals surface area contributed by atoms with Gasteiger partial charge in [-0.15, -0.1) is 0 Å². The molecular formula is C17H11ClFN3O. The minimum Gasteiger partial charge on any atom is -0.322 e. The summed E-state index contributed by atoms with van der Waals surface area (Å²) in [5.74, 6) is -1.39. The Morgan fingerprint density at radius 1 is 1.04 bits per heavy atom. The third-order valence-corrected chi connectivity index (χ3v) is 3.50. The van der Waals surface area contributed by atoms with Crippen molar-refractivity contribution in [3.63, 3.8) is 0 Å². The number of nitrogens with one attached hydrogen (secondary N) is 1. The normalized spacial score (nSPS) is 10.3. The van der Waals surface area contributed by atoms with Gasteiger partial charge < -0.3 is 5.32 Å². The van der Waals surface area contributed by atoms with Crippen LogP contribution in [0.5, 0.6) is 0 Å². The van der Waals surface area contributed by atoms with Crippen molar-refractivity contribution in [2.45, 2.75) is 0 Å². The van der Waals surface area contributed by atoms with Crippen LogP contribution in [0, 0.1) is 5.95 Å². The van der Waals surface area contributed by atoms with Gasteiger partial charge in [-0.05, 0) is 42.5 Å². The summed E-state index contributed by atoms with van der Waals surface area (Å²) < 4.78 is 13.5. The zero-order chi connectivity index (χ0) is 16.2. The second-order valence-corrected chi connectivity index (χ2v) is 5.11. The maximum atomic E-state index is 13.5. The SMILES string of the molecule is O=C(Nc1ccc(Cl)c(-c2ccccn2)c1)c1cccnc1F. The average molecular weight is 328 g/mol. The van der Waals surface area contributed by atoms with Crippen LogP contribution >= 0.6 is 11.6 Å². The number of anilines is 1. The Morgan fingerprint density at radius 2 is 1.87 bits per heavy atom. The largest absolute Gasteiger partial charge is 0.322 e. The number of nitrogens with zero attached hydrogens (tertiary/aromatic N) is 2. The second kappa shape index (κ2) is 6.54. The number of halogens is 2. The van der Waals surface area contributed by atoms with Gasteiger partial charge in [-0.1, -0.05) is 17.7 Å². The lowest BCUT2D eigenvalue weighted by molar-refractivity contribution is 0.102. The Morgan fingerprint density at radius 3 is 2.61 bits per heavy atom.